The maximum atomic E-state index is 16.5. The largest absolute Gasteiger partial charge is 0.488 e. The summed E-state index contributed by atoms with van der Waals surface area (Å²) in [5, 5.41) is 5.71. The minimum absolute atomic E-state index is 0.0651. The number of rotatable bonds is 10. The van der Waals surface area contributed by atoms with E-state index in [1.807, 2.05) is 39.8 Å². The molecule has 3 aliphatic rings. The van der Waals surface area contributed by atoms with E-state index in [2.05, 4.69) is 20.6 Å². The predicted molar refractivity (Wildman–Crippen MR) is 217 cm³/mol. The molecule has 18 heteroatoms. The number of alkyl carbamates (subject to hydrolysis) is 2. The van der Waals surface area contributed by atoms with Gasteiger partial charge in [0, 0.05) is 35.3 Å². The molecule has 0 radical (unpaired) electrons. The van der Waals surface area contributed by atoms with Gasteiger partial charge in [0.05, 0.1) is 26.3 Å². The van der Waals surface area contributed by atoms with Gasteiger partial charge in [-0.2, -0.15) is 0 Å². The lowest BCUT2D eigenvalue weighted by Gasteiger charge is -2.30. The molecule has 1 unspecified atom stereocenters. The maximum Gasteiger partial charge on any atom is 0.407 e. The number of carbonyl (C=O) groups excluding carboxylic acids is 4. The van der Waals surface area contributed by atoms with Crippen LogP contribution in [0.3, 0.4) is 0 Å². The fraction of sp³-hybridized carbons (Fsp3) is 0.463. The van der Waals surface area contributed by atoms with E-state index in [0.29, 0.717) is 77.7 Å². The third-order valence-electron chi connectivity index (χ3n) is 11.3. The van der Waals surface area contributed by atoms with Crippen LogP contribution in [0.25, 0.3) is 33.6 Å². The van der Waals surface area contributed by atoms with Gasteiger partial charge in [0.2, 0.25) is 11.8 Å². The van der Waals surface area contributed by atoms with Crippen LogP contribution in [0.2, 0.25) is 10.3 Å². The lowest BCUT2D eigenvalue weighted by molar-refractivity contribution is -0.136. The van der Waals surface area contributed by atoms with Crippen LogP contribution < -0.4 is 15.4 Å². The Labute approximate surface area is 350 Å². The molecule has 2 aromatic carbocycles. The number of imidazole rings is 2. The highest BCUT2D eigenvalue weighted by Crippen LogP contribution is 2.45. The first-order chi connectivity index (χ1) is 28.2. The molecule has 0 saturated carbocycles. The highest BCUT2D eigenvalue weighted by Gasteiger charge is 2.40. The highest BCUT2D eigenvalue weighted by molar-refractivity contribution is 6.32. The standard InChI is InChI=1S/C41H47Cl2FN8O7/c1-19(2)30(47-40(55)57-5)38(53)51-15-7-9-26(51)36-45-32(34(42)49-36)21-11-12-23-22-13-14-24(29(44)25(22)18-59-28(23)17-21)33-35(43)50-37(46-33)27-10-8-16-52(27)39(54)31(20(3)4)48-41(56)58-6/h11-14,17,19-20,26-27,30-31H,7-10,15-16,18H2,1-6H3,(H,45,49)(H,46,50)(H,47,55)(H,48,56)/t26-,27-,30?,31-/m0/s1. The van der Waals surface area contributed by atoms with Crippen LogP contribution in [0, 0.1) is 17.7 Å². The zero-order valence-electron chi connectivity index (χ0n) is 33.6. The number of carbonyl (C=O) groups is 4. The second kappa shape index (κ2) is 17.1. The van der Waals surface area contributed by atoms with Crippen molar-refractivity contribution in [1.29, 1.82) is 0 Å². The van der Waals surface area contributed by atoms with Crippen molar-refractivity contribution in [3.8, 4) is 39.4 Å². The Kier molecular flexibility index (Phi) is 12.1. The number of fused-ring (bicyclic) bond motifs is 3. The van der Waals surface area contributed by atoms with Crippen molar-refractivity contribution >= 4 is 47.2 Å². The third-order valence-corrected chi connectivity index (χ3v) is 11.8. The number of benzene rings is 2. The molecule has 4 aromatic rings. The van der Waals surface area contributed by atoms with Gasteiger partial charge < -0.3 is 44.6 Å². The average molecular weight is 854 g/mol. The number of nitrogens with zero attached hydrogens (tertiary/aromatic N) is 4. The van der Waals surface area contributed by atoms with Crippen molar-refractivity contribution in [1.82, 2.24) is 40.4 Å². The van der Waals surface area contributed by atoms with E-state index in [9.17, 15) is 19.2 Å². The Hall–Kier alpha value is -5.35. The number of halogens is 3. The van der Waals surface area contributed by atoms with Gasteiger partial charge in [-0.3, -0.25) is 9.59 Å². The fourth-order valence-electron chi connectivity index (χ4n) is 8.17. The minimum Gasteiger partial charge on any atom is -0.488 e. The molecule has 0 bridgehead atoms. The van der Waals surface area contributed by atoms with Gasteiger partial charge in [0.25, 0.3) is 0 Å². The highest BCUT2D eigenvalue weighted by atomic mass is 35.5. The van der Waals surface area contributed by atoms with Crippen molar-refractivity contribution in [3.05, 3.63) is 63.7 Å². The van der Waals surface area contributed by atoms with Crippen LogP contribution in [0.4, 0.5) is 14.0 Å². The van der Waals surface area contributed by atoms with Gasteiger partial charge in [-0.25, -0.2) is 23.9 Å². The molecule has 2 aromatic heterocycles. The van der Waals surface area contributed by atoms with Crippen LogP contribution in [0.5, 0.6) is 5.75 Å². The molecule has 59 heavy (non-hydrogen) atoms. The SMILES string of the molecule is COC(=O)NC(C(=O)N1CCC[C@H]1c1nc(-c2ccc3c(c2)OCc2c-3ccc(-c3nc([C@@H]4CCCN4C(=O)[C@@H](NC(=O)OC)C(C)C)[nH]c3Cl)c2F)c(Cl)[nH]1)C(C)C. The molecule has 4 amide bonds. The first kappa shape index (κ1) is 41.8. The van der Waals surface area contributed by atoms with Gasteiger partial charge >= 0.3 is 12.2 Å². The Morgan fingerprint density at radius 1 is 0.780 bits per heavy atom. The summed E-state index contributed by atoms with van der Waals surface area (Å²) in [4.78, 5) is 70.5. The van der Waals surface area contributed by atoms with Crippen LogP contribution in [0.15, 0.2) is 30.3 Å². The smallest absolute Gasteiger partial charge is 0.407 e. The number of nitrogens with one attached hydrogen (secondary N) is 4. The Balaban J connectivity index is 1.11. The van der Waals surface area contributed by atoms with Crippen LogP contribution >= 0.6 is 23.2 Å². The topological polar surface area (TPSA) is 184 Å². The lowest BCUT2D eigenvalue weighted by atomic mass is 9.93. The number of aromatic nitrogens is 4. The summed E-state index contributed by atoms with van der Waals surface area (Å²) in [6.07, 6.45) is 1.36. The summed E-state index contributed by atoms with van der Waals surface area (Å²) in [5.41, 5.74) is 3.18. The molecule has 314 valence electrons. The number of ether oxygens (including phenoxy) is 3. The summed E-state index contributed by atoms with van der Waals surface area (Å²) in [6.45, 7) is 8.28. The van der Waals surface area contributed by atoms with Crippen LogP contribution in [-0.4, -0.2) is 93.1 Å². The van der Waals surface area contributed by atoms with Crippen molar-refractivity contribution in [2.24, 2.45) is 11.8 Å². The zero-order chi connectivity index (χ0) is 42.3. The summed E-state index contributed by atoms with van der Waals surface area (Å²) >= 11 is 13.4. The van der Waals surface area contributed by atoms with Crippen molar-refractivity contribution in [2.45, 2.75) is 84.2 Å². The second-order valence-corrected chi connectivity index (χ2v) is 16.4. The van der Waals surface area contributed by atoms with Gasteiger partial charge in [-0.1, -0.05) is 63.0 Å². The number of H-pyrrole nitrogens is 2. The van der Waals surface area contributed by atoms with Gasteiger partial charge in [-0.15, -0.1) is 0 Å². The van der Waals surface area contributed by atoms with E-state index in [1.54, 1.807) is 28.0 Å². The molecule has 4 N–H and O–H groups in total. The molecule has 4 atom stereocenters. The first-order valence-corrected chi connectivity index (χ1v) is 20.4. The molecule has 2 saturated heterocycles. The quantitative estimate of drug-likeness (QED) is 0.125. The predicted octanol–water partition coefficient (Wildman–Crippen LogP) is 7.56. The minimum atomic E-state index is -0.805. The summed E-state index contributed by atoms with van der Waals surface area (Å²) < 4.78 is 32.1. The second-order valence-electron chi connectivity index (χ2n) is 15.6. The molecule has 2 fully saturated rings. The van der Waals surface area contributed by atoms with Crippen molar-refractivity contribution in [2.75, 3.05) is 27.3 Å². The summed E-state index contributed by atoms with van der Waals surface area (Å²) in [6, 6.07) is 6.49. The summed E-state index contributed by atoms with van der Waals surface area (Å²) in [5.74, 6) is 0.0548. The fourth-order valence-corrected chi connectivity index (χ4v) is 8.66. The Morgan fingerprint density at radius 2 is 1.27 bits per heavy atom. The number of aromatic amines is 2. The molecule has 3 aliphatic heterocycles. The van der Waals surface area contributed by atoms with E-state index < -0.39 is 36.1 Å². The van der Waals surface area contributed by atoms with Crippen molar-refractivity contribution < 1.29 is 37.8 Å². The first-order valence-electron chi connectivity index (χ1n) is 19.6. The van der Waals surface area contributed by atoms with Crippen molar-refractivity contribution in [3.63, 3.8) is 0 Å². The monoisotopic (exact) mass is 852 g/mol. The lowest BCUT2D eigenvalue weighted by Crippen LogP contribution is -2.51. The molecule has 7 rings (SSSR count). The summed E-state index contributed by atoms with van der Waals surface area (Å²) in [7, 11) is 2.50. The Morgan fingerprint density at radius 3 is 1.80 bits per heavy atom. The van der Waals surface area contributed by atoms with Gasteiger partial charge in [-0.05, 0) is 61.3 Å². The molecule has 0 aliphatic carbocycles. The van der Waals surface area contributed by atoms with E-state index in [-0.39, 0.29) is 57.9 Å². The van der Waals surface area contributed by atoms with E-state index in [1.165, 1.54) is 14.2 Å². The molecule has 0 spiro atoms. The zero-order valence-corrected chi connectivity index (χ0v) is 35.1. The molecule has 5 heterocycles. The number of hydrogen-bond donors (Lipinski definition) is 4. The van der Waals surface area contributed by atoms with Gasteiger partial charge in [0.1, 0.15) is 63.6 Å². The van der Waals surface area contributed by atoms with Crippen LogP contribution in [0.1, 0.15) is 82.7 Å². The van der Waals surface area contributed by atoms with E-state index in [0.717, 1.165) is 6.42 Å². The third kappa shape index (κ3) is 8.04. The maximum absolute atomic E-state index is 16.5. The number of likely N-dealkylation sites (tertiary alicyclic amines) is 2. The Bertz CT molecular complexity index is 2280. The average Bonchev–Trinajstić information content (AvgIpc) is 4.05. The molecule has 15 nitrogen and oxygen atoms in total. The van der Waals surface area contributed by atoms with Crippen LogP contribution in [-0.2, 0) is 25.7 Å². The number of hydrogen-bond acceptors (Lipinski definition) is 9. The molecular formula is C41H47Cl2FN8O7. The normalized spacial score (nSPS) is 18.3. The molecular weight excluding hydrogens is 806 g/mol. The number of methoxy groups -OCH3 is 2. The van der Waals surface area contributed by atoms with E-state index in [4.69, 9.17) is 47.4 Å². The van der Waals surface area contributed by atoms with Gasteiger partial charge in [0.15, 0.2) is 0 Å². The van der Waals surface area contributed by atoms with E-state index >= 15 is 4.39 Å². The number of amides is 4.